The number of benzene rings is 2. The van der Waals surface area contributed by atoms with Gasteiger partial charge >= 0.3 is 0 Å². The van der Waals surface area contributed by atoms with Gasteiger partial charge in [-0.3, -0.25) is 4.40 Å². The van der Waals surface area contributed by atoms with E-state index in [1.807, 2.05) is 0 Å². The van der Waals surface area contributed by atoms with E-state index in [2.05, 4.69) is 15.3 Å². The average molecular weight is 354 g/mol. The van der Waals surface area contributed by atoms with Crippen molar-refractivity contribution in [2.75, 3.05) is 5.32 Å². The van der Waals surface area contributed by atoms with Gasteiger partial charge in [-0.15, -0.1) is 0 Å². The zero-order valence-electron chi connectivity index (χ0n) is 13.5. The molecule has 4 rings (SSSR count). The highest BCUT2D eigenvalue weighted by molar-refractivity contribution is 5.75. The summed E-state index contributed by atoms with van der Waals surface area (Å²) in [6.07, 6.45) is 3.37. The summed E-state index contributed by atoms with van der Waals surface area (Å²) < 4.78 is 41.7. The third kappa shape index (κ3) is 2.99. The van der Waals surface area contributed by atoms with Crippen LogP contribution in [-0.4, -0.2) is 14.4 Å². The van der Waals surface area contributed by atoms with Crippen molar-refractivity contribution >= 4 is 11.6 Å². The maximum atomic E-state index is 13.7. The Labute approximate surface area is 147 Å². The Morgan fingerprint density at radius 1 is 0.962 bits per heavy atom. The van der Waals surface area contributed by atoms with Crippen molar-refractivity contribution < 1.29 is 13.2 Å². The predicted octanol–water partition coefficient (Wildman–Crippen LogP) is 4.43. The summed E-state index contributed by atoms with van der Waals surface area (Å²) in [6.45, 7) is 0.402. The van der Waals surface area contributed by atoms with Crippen LogP contribution in [0.2, 0.25) is 0 Å². The fraction of sp³-hybridized carbons (Fsp3) is 0.0526. The first-order valence-electron chi connectivity index (χ1n) is 7.88. The van der Waals surface area contributed by atoms with Crippen LogP contribution < -0.4 is 5.32 Å². The van der Waals surface area contributed by atoms with E-state index in [4.69, 9.17) is 0 Å². The van der Waals surface area contributed by atoms with Crippen LogP contribution in [-0.2, 0) is 6.54 Å². The second-order valence-electron chi connectivity index (χ2n) is 5.71. The first kappa shape index (κ1) is 16.1. The average Bonchev–Trinajstić information content (AvgIpc) is 3.02. The van der Waals surface area contributed by atoms with Crippen LogP contribution in [0.15, 0.2) is 60.9 Å². The van der Waals surface area contributed by atoms with Gasteiger partial charge in [-0.1, -0.05) is 12.1 Å². The molecule has 130 valence electrons. The van der Waals surface area contributed by atoms with Crippen molar-refractivity contribution in [3.05, 3.63) is 83.9 Å². The molecular formula is C19H13F3N4. The molecule has 0 fully saturated rings. The highest BCUT2D eigenvalue weighted by Gasteiger charge is 2.16. The number of halogens is 3. The Kier molecular flexibility index (Phi) is 4.04. The molecule has 0 saturated heterocycles. The highest BCUT2D eigenvalue weighted by Crippen LogP contribution is 2.29. The van der Waals surface area contributed by atoms with Crippen LogP contribution in [0.25, 0.3) is 17.0 Å². The summed E-state index contributed by atoms with van der Waals surface area (Å²) in [5, 5.41) is 3.23. The molecule has 4 aromatic rings. The first-order valence-corrected chi connectivity index (χ1v) is 7.88. The smallest absolute Gasteiger partial charge is 0.235 e. The highest BCUT2D eigenvalue weighted by atomic mass is 19.2. The number of rotatable bonds is 4. The molecule has 0 unspecified atom stereocenters. The topological polar surface area (TPSA) is 42.2 Å². The van der Waals surface area contributed by atoms with E-state index in [0.29, 0.717) is 29.4 Å². The SMILES string of the molecule is Fc1ccc(CNc2c(-c3ccc(F)c(F)c3)nc3ncccn23)cc1. The second-order valence-corrected chi connectivity index (χ2v) is 5.71. The molecule has 0 spiro atoms. The zero-order valence-corrected chi connectivity index (χ0v) is 13.5. The van der Waals surface area contributed by atoms with E-state index in [1.165, 1.54) is 18.2 Å². The molecule has 0 atom stereocenters. The summed E-state index contributed by atoms with van der Waals surface area (Å²) in [5.41, 5.74) is 1.74. The number of anilines is 1. The number of hydrogen-bond acceptors (Lipinski definition) is 3. The molecule has 1 N–H and O–H groups in total. The molecule has 26 heavy (non-hydrogen) atoms. The number of imidazole rings is 1. The Bertz CT molecular complexity index is 1070. The molecule has 0 radical (unpaired) electrons. The van der Waals surface area contributed by atoms with Crippen molar-refractivity contribution in [3.8, 4) is 11.3 Å². The van der Waals surface area contributed by atoms with E-state index in [9.17, 15) is 13.2 Å². The van der Waals surface area contributed by atoms with Crippen LogP contribution in [0.1, 0.15) is 5.56 Å². The van der Waals surface area contributed by atoms with Gasteiger partial charge in [-0.2, -0.15) is 0 Å². The quantitative estimate of drug-likeness (QED) is 0.590. The molecule has 0 aliphatic rings. The maximum Gasteiger partial charge on any atom is 0.235 e. The zero-order chi connectivity index (χ0) is 18.1. The monoisotopic (exact) mass is 354 g/mol. The van der Waals surface area contributed by atoms with Gasteiger partial charge in [-0.25, -0.2) is 23.1 Å². The normalized spacial score (nSPS) is 11.0. The van der Waals surface area contributed by atoms with Crippen LogP contribution in [0.5, 0.6) is 0 Å². The van der Waals surface area contributed by atoms with Gasteiger partial charge in [0.1, 0.15) is 17.3 Å². The lowest BCUT2D eigenvalue weighted by atomic mass is 10.1. The van der Waals surface area contributed by atoms with Crippen molar-refractivity contribution in [2.24, 2.45) is 0 Å². The lowest BCUT2D eigenvalue weighted by Crippen LogP contribution is -2.03. The molecule has 7 heteroatoms. The minimum Gasteiger partial charge on any atom is -0.365 e. The third-order valence-electron chi connectivity index (χ3n) is 3.97. The van der Waals surface area contributed by atoms with Crippen LogP contribution in [0.4, 0.5) is 19.0 Å². The van der Waals surface area contributed by atoms with E-state index in [0.717, 1.165) is 17.7 Å². The van der Waals surface area contributed by atoms with Crippen LogP contribution in [0.3, 0.4) is 0 Å². The molecular weight excluding hydrogens is 341 g/mol. The standard InChI is InChI=1S/C19H13F3N4/c20-14-5-2-12(3-6-14)11-24-18-17(13-4-7-15(21)16(22)10-13)25-19-23-8-1-9-26(18)19/h1-10,24H,11H2. The Hall–Kier alpha value is -3.35. The fourth-order valence-corrected chi connectivity index (χ4v) is 2.69. The molecule has 2 aromatic carbocycles. The largest absolute Gasteiger partial charge is 0.365 e. The van der Waals surface area contributed by atoms with Crippen LogP contribution >= 0.6 is 0 Å². The van der Waals surface area contributed by atoms with E-state index >= 15 is 0 Å². The lowest BCUT2D eigenvalue weighted by molar-refractivity contribution is 0.509. The minimum atomic E-state index is -0.947. The van der Waals surface area contributed by atoms with Crippen molar-refractivity contribution in [1.82, 2.24) is 14.4 Å². The van der Waals surface area contributed by atoms with Gasteiger partial charge in [0.2, 0.25) is 5.78 Å². The molecule has 2 heterocycles. The number of nitrogens with zero attached hydrogens (tertiary/aromatic N) is 3. The Morgan fingerprint density at radius 3 is 2.54 bits per heavy atom. The summed E-state index contributed by atoms with van der Waals surface area (Å²) in [4.78, 5) is 8.61. The van der Waals surface area contributed by atoms with Gasteiger partial charge in [0.25, 0.3) is 0 Å². The number of hydrogen-bond donors (Lipinski definition) is 1. The lowest BCUT2D eigenvalue weighted by Gasteiger charge is -2.09. The summed E-state index contributed by atoms with van der Waals surface area (Å²) >= 11 is 0. The number of nitrogens with one attached hydrogen (secondary N) is 1. The molecule has 0 aliphatic carbocycles. The second kappa shape index (κ2) is 6.51. The Morgan fingerprint density at radius 2 is 1.77 bits per heavy atom. The summed E-state index contributed by atoms with van der Waals surface area (Å²) in [5.74, 6) is -1.17. The van der Waals surface area contributed by atoms with Gasteiger partial charge in [0.05, 0.1) is 0 Å². The van der Waals surface area contributed by atoms with Crippen molar-refractivity contribution in [3.63, 3.8) is 0 Å². The molecule has 4 nitrogen and oxygen atoms in total. The number of aromatic nitrogens is 3. The van der Waals surface area contributed by atoms with E-state index < -0.39 is 11.6 Å². The molecule has 0 bridgehead atoms. The Balaban J connectivity index is 1.76. The molecule has 2 aromatic heterocycles. The summed E-state index contributed by atoms with van der Waals surface area (Å²) in [7, 11) is 0. The van der Waals surface area contributed by atoms with E-state index in [-0.39, 0.29) is 5.82 Å². The number of fused-ring (bicyclic) bond motifs is 1. The van der Waals surface area contributed by atoms with Crippen molar-refractivity contribution in [2.45, 2.75) is 6.54 Å². The van der Waals surface area contributed by atoms with Crippen molar-refractivity contribution in [1.29, 1.82) is 0 Å². The fourth-order valence-electron chi connectivity index (χ4n) is 2.69. The van der Waals surface area contributed by atoms with Crippen LogP contribution in [0, 0.1) is 17.5 Å². The predicted molar refractivity (Wildman–Crippen MR) is 92.1 cm³/mol. The minimum absolute atomic E-state index is 0.310. The maximum absolute atomic E-state index is 13.7. The molecule has 0 aliphatic heterocycles. The van der Waals surface area contributed by atoms with Gasteiger partial charge in [0.15, 0.2) is 11.6 Å². The molecule has 0 saturated carbocycles. The van der Waals surface area contributed by atoms with Gasteiger partial charge < -0.3 is 5.32 Å². The van der Waals surface area contributed by atoms with Gasteiger partial charge in [0, 0.05) is 24.5 Å². The third-order valence-corrected chi connectivity index (χ3v) is 3.97. The van der Waals surface area contributed by atoms with Gasteiger partial charge in [-0.05, 0) is 42.0 Å². The summed E-state index contributed by atoms with van der Waals surface area (Å²) in [6, 6.07) is 11.5. The first-order chi connectivity index (χ1) is 12.6. The molecule has 0 amide bonds. The van der Waals surface area contributed by atoms with E-state index in [1.54, 1.807) is 35.0 Å².